The van der Waals surface area contributed by atoms with Crippen molar-refractivity contribution >= 4 is 6.47 Å². The van der Waals surface area contributed by atoms with Crippen molar-refractivity contribution in [1.82, 2.24) is 4.98 Å². The second-order valence-corrected chi connectivity index (χ2v) is 1.76. The molecule has 1 heterocycles. The van der Waals surface area contributed by atoms with E-state index in [-0.39, 0.29) is 0 Å². The molecule has 1 aromatic rings. The summed E-state index contributed by atoms with van der Waals surface area (Å²) in [6, 6.07) is 3.70. The maximum absolute atomic E-state index is 9.18. The molecule has 0 aliphatic rings. The first kappa shape index (κ1) is 10.2. The van der Waals surface area contributed by atoms with Crippen molar-refractivity contribution < 1.29 is 9.53 Å². The molecular formula is C8H10N2O2. The third kappa shape index (κ3) is 5.06. The summed E-state index contributed by atoms with van der Waals surface area (Å²) in [5.74, 6) is 0. The van der Waals surface area contributed by atoms with Gasteiger partial charge in [-0.25, -0.2) is 0 Å². The number of hydrogen-bond donors (Lipinski definition) is 1. The fourth-order valence-electron chi connectivity index (χ4n) is 0.461. The summed E-state index contributed by atoms with van der Waals surface area (Å²) in [5, 5.41) is 8.16. The van der Waals surface area contributed by atoms with Crippen LogP contribution in [-0.4, -0.2) is 18.1 Å². The van der Waals surface area contributed by atoms with Crippen molar-refractivity contribution in [3.63, 3.8) is 0 Å². The van der Waals surface area contributed by atoms with E-state index in [4.69, 9.17) is 5.26 Å². The molecule has 0 radical (unpaired) electrons. The first-order valence-corrected chi connectivity index (χ1v) is 3.43. The van der Waals surface area contributed by atoms with Crippen LogP contribution in [0.5, 0.6) is 0 Å². The number of nitrogens with one attached hydrogen (secondary N) is 1. The van der Waals surface area contributed by atoms with Crippen LogP contribution in [0.2, 0.25) is 0 Å². The van der Waals surface area contributed by atoms with Gasteiger partial charge in [-0.15, -0.1) is 0 Å². The lowest BCUT2D eigenvalue weighted by molar-refractivity contribution is -0.128. The molecule has 1 aromatic heterocycles. The Balaban J connectivity index is 0.000000217. The molecule has 64 valence electrons. The van der Waals surface area contributed by atoms with E-state index in [1.54, 1.807) is 25.4 Å². The van der Waals surface area contributed by atoms with Gasteiger partial charge >= 0.3 is 0 Å². The van der Waals surface area contributed by atoms with Crippen molar-refractivity contribution in [3.8, 4) is 6.07 Å². The largest absolute Gasteiger partial charge is 0.468 e. The van der Waals surface area contributed by atoms with Crippen LogP contribution in [0.4, 0.5) is 0 Å². The molecule has 1 N–H and O–H groups in total. The van der Waals surface area contributed by atoms with Gasteiger partial charge in [0, 0.05) is 12.4 Å². The summed E-state index contributed by atoms with van der Waals surface area (Å²) in [6.45, 7) is 2.66. The molecule has 0 aliphatic carbocycles. The van der Waals surface area contributed by atoms with Crippen LogP contribution in [0.15, 0.2) is 18.5 Å². The Kier molecular flexibility index (Phi) is 6.27. The first-order chi connectivity index (χ1) is 5.85. The van der Waals surface area contributed by atoms with Crippen LogP contribution in [0.25, 0.3) is 0 Å². The van der Waals surface area contributed by atoms with Gasteiger partial charge in [-0.2, -0.15) is 5.26 Å². The van der Waals surface area contributed by atoms with Crippen molar-refractivity contribution in [2.45, 2.75) is 6.92 Å². The van der Waals surface area contributed by atoms with Crippen molar-refractivity contribution in [2.24, 2.45) is 0 Å². The number of aromatic nitrogens is 1. The number of nitrogens with zero attached hydrogens (tertiary/aromatic N) is 1. The number of hydrogen-bond acceptors (Lipinski definition) is 3. The van der Waals surface area contributed by atoms with Crippen LogP contribution in [-0.2, 0) is 9.53 Å². The van der Waals surface area contributed by atoms with E-state index in [9.17, 15) is 4.79 Å². The summed E-state index contributed by atoms with van der Waals surface area (Å²) < 4.78 is 4.15. The molecule has 0 spiro atoms. The van der Waals surface area contributed by atoms with Crippen LogP contribution >= 0.6 is 0 Å². The average molecular weight is 166 g/mol. The second-order valence-electron chi connectivity index (χ2n) is 1.76. The lowest BCUT2D eigenvalue weighted by Gasteiger charge is -1.79. The van der Waals surface area contributed by atoms with Crippen molar-refractivity contribution in [1.29, 1.82) is 5.26 Å². The Morgan fingerprint density at radius 2 is 2.58 bits per heavy atom. The number of H-pyrrole nitrogens is 1. The van der Waals surface area contributed by atoms with E-state index in [0.717, 1.165) is 0 Å². The van der Waals surface area contributed by atoms with E-state index >= 15 is 0 Å². The Morgan fingerprint density at radius 3 is 2.75 bits per heavy atom. The molecule has 0 saturated heterocycles. The molecule has 0 unspecified atom stereocenters. The third-order valence-corrected chi connectivity index (χ3v) is 0.962. The van der Waals surface area contributed by atoms with Gasteiger partial charge in [0.2, 0.25) is 0 Å². The Labute approximate surface area is 70.8 Å². The SMILES string of the molecule is CCOC=O.N#Cc1cc[nH]c1. The summed E-state index contributed by atoms with van der Waals surface area (Å²) in [7, 11) is 0. The number of carbonyl (C=O) groups is 1. The number of aromatic amines is 1. The van der Waals surface area contributed by atoms with Gasteiger partial charge in [-0.3, -0.25) is 4.79 Å². The molecule has 4 heteroatoms. The highest BCUT2D eigenvalue weighted by Crippen LogP contribution is 1.89. The van der Waals surface area contributed by atoms with E-state index in [0.29, 0.717) is 18.6 Å². The van der Waals surface area contributed by atoms with Gasteiger partial charge in [-0.1, -0.05) is 0 Å². The summed E-state index contributed by atoms with van der Waals surface area (Å²) in [6.07, 6.45) is 3.37. The maximum Gasteiger partial charge on any atom is 0.293 e. The first-order valence-electron chi connectivity index (χ1n) is 3.43. The lowest BCUT2D eigenvalue weighted by atomic mass is 10.4. The Hall–Kier alpha value is -1.76. The zero-order valence-corrected chi connectivity index (χ0v) is 6.78. The lowest BCUT2D eigenvalue weighted by Crippen LogP contribution is -1.80. The van der Waals surface area contributed by atoms with Crippen LogP contribution < -0.4 is 0 Å². The highest BCUT2D eigenvalue weighted by molar-refractivity contribution is 5.36. The molecule has 0 amide bonds. The summed E-state index contributed by atoms with van der Waals surface area (Å²) in [4.78, 5) is 11.9. The minimum atomic E-state index is 0.431. The van der Waals surface area contributed by atoms with Crippen molar-refractivity contribution in [2.75, 3.05) is 6.61 Å². The Bertz CT molecular complexity index is 236. The van der Waals surface area contributed by atoms with E-state index < -0.39 is 0 Å². The van der Waals surface area contributed by atoms with Crippen LogP contribution in [0, 0.1) is 11.3 Å². The summed E-state index contributed by atoms with van der Waals surface area (Å²) >= 11 is 0. The third-order valence-electron chi connectivity index (χ3n) is 0.962. The molecule has 12 heavy (non-hydrogen) atoms. The van der Waals surface area contributed by atoms with Gasteiger partial charge < -0.3 is 9.72 Å². The molecular weight excluding hydrogens is 156 g/mol. The molecule has 0 aliphatic heterocycles. The molecule has 0 aromatic carbocycles. The zero-order chi connectivity index (χ0) is 9.23. The topological polar surface area (TPSA) is 65.9 Å². The molecule has 0 bridgehead atoms. The summed E-state index contributed by atoms with van der Waals surface area (Å²) in [5.41, 5.74) is 0.681. The van der Waals surface area contributed by atoms with Crippen LogP contribution in [0.1, 0.15) is 12.5 Å². The smallest absolute Gasteiger partial charge is 0.293 e. The highest BCUT2D eigenvalue weighted by Gasteiger charge is 1.81. The standard InChI is InChI=1S/C5H4N2.C3H6O2/c6-3-5-1-2-7-4-5;1-2-5-3-4/h1-2,4,7H;3H,2H2,1H3. The van der Waals surface area contributed by atoms with Gasteiger partial charge in [0.25, 0.3) is 6.47 Å². The fourth-order valence-corrected chi connectivity index (χ4v) is 0.461. The number of nitriles is 1. The monoisotopic (exact) mass is 166 g/mol. The van der Waals surface area contributed by atoms with Gasteiger partial charge in [-0.05, 0) is 13.0 Å². The van der Waals surface area contributed by atoms with E-state index in [1.807, 2.05) is 6.07 Å². The average Bonchev–Trinajstić information content (AvgIpc) is 2.58. The molecule has 4 nitrogen and oxygen atoms in total. The van der Waals surface area contributed by atoms with Gasteiger partial charge in [0.1, 0.15) is 6.07 Å². The predicted octanol–water partition coefficient (Wildman–Crippen LogP) is 1.07. The maximum atomic E-state index is 9.18. The number of rotatable bonds is 2. The number of ether oxygens (including phenoxy) is 1. The fraction of sp³-hybridized carbons (Fsp3) is 0.250. The van der Waals surface area contributed by atoms with Crippen LogP contribution in [0.3, 0.4) is 0 Å². The minimum Gasteiger partial charge on any atom is -0.468 e. The van der Waals surface area contributed by atoms with E-state index in [2.05, 4.69) is 9.72 Å². The number of carbonyl (C=O) groups excluding carboxylic acids is 1. The molecule has 1 rings (SSSR count). The molecule has 0 fully saturated rings. The van der Waals surface area contributed by atoms with Crippen molar-refractivity contribution in [3.05, 3.63) is 24.0 Å². The second kappa shape index (κ2) is 7.35. The van der Waals surface area contributed by atoms with Gasteiger partial charge in [0.05, 0.1) is 12.2 Å². The van der Waals surface area contributed by atoms with E-state index in [1.165, 1.54) is 0 Å². The molecule has 0 saturated carbocycles. The highest BCUT2D eigenvalue weighted by atomic mass is 16.5. The Morgan fingerprint density at radius 1 is 1.83 bits per heavy atom. The normalized spacial score (nSPS) is 7.33. The minimum absolute atomic E-state index is 0.431. The van der Waals surface area contributed by atoms with Gasteiger partial charge in [0.15, 0.2) is 0 Å². The predicted molar refractivity (Wildman–Crippen MR) is 43.2 cm³/mol. The quantitative estimate of drug-likeness (QED) is 0.668. The molecule has 0 atom stereocenters. The zero-order valence-electron chi connectivity index (χ0n) is 6.78.